The van der Waals surface area contributed by atoms with E-state index in [4.69, 9.17) is 25.7 Å². The Morgan fingerprint density at radius 2 is 1.91 bits per heavy atom. The summed E-state index contributed by atoms with van der Waals surface area (Å²) in [5.41, 5.74) is 2.98. The SMILES string of the molecule is Cc1ncc([C@@H]2CN(c3nc(-c4ccc(Cl)cc4F)c4nc(C)c(C)nc4n3)CCO2)o1. The Kier molecular flexibility index (Phi) is 5.22. The minimum absolute atomic E-state index is 0.288. The van der Waals surface area contributed by atoms with Crippen LogP contribution in [0.15, 0.2) is 28.8 Å². The molecule has 1 saturated heterocycles. The largest absolute Gasteiger partial charge is 0.443 e. The van der Waals surface area contributed by atoms with Crippen LogP contribution >= 0.6 is 11.6 Å². The summed E-state index contributed by atoms with van der Waals surface area (Å²) >= 11 is 5.96. The maximum atomic E-state index is 14.9. The van der Waals surface area contributed by atoms with Crippen molar-refractivity contribution in [3.63, 3.8) is 0 Å². The molecule has 0 radical (unpaired) electrons. The van der Waals surface area contributed by atoms with Gasteiger partial charge in [0.1, 0.15) is 23.1 Å². The van der Waals surface area contributed by atoms with Gasteiger partial charge in [-0.1, -0.05) is 11.6 Å². The summed E-state index contributed by atoms with van der Waals surface area (Å²) in [5, 5.41) is 0.307. The summed E-state index contributed by atoms with van der Waals surface area (Å²) in [6, 6.07) is 4.48. The van der Waals surface area contributed by atoms with Gasteiger partial charge in [-0.3, -0.25) is 0 Å². The van der Waals surface area contributed by atoms with Crippen molar-refractivity contribution in [3.05, 3.63) is 58.3 Å². The van der Waals surface area contributed by atoms with E-state index in [0.717, 1.165) is 11.4 Å². The summed E-state index contributed by atoms with van der Waals surface area (Å²) < 4.78 is 26.4. The van der Waals surface area contributed by atoms with Crippen LogP contribution in [-0.4, -0.2) is 44.6 Å². The third-order valence-corrected chi connectivity index (χ3v) is 5.66. The van der Waals surface area contributed by atoms with Gasteiger partial charge in [0.2, 0.25) is 5.95 Å². The number of oxazole rings is 1. The zero-order valence-corrected chi connectivity index (χ0v) is 18.5. The monoisotopic (exact) mass is 454 g/mol. The molecule has 10 heteroatoms. The molecule has 0 aliphatic carbocycles. The highest BCUT2D eigenvalue weighted by atomic mass is 35.5. The number of rotatable bonds is 3. The molecular weight excluding hydrogens is 435 g/mol. The number of nitrogens with zero attached hydrogens (tertiary/aromatic N) is 6. The second-order valence-corrected chi connectivity index (χ2v) is 8.09. The summed E-state index contributed by atoms with van der Waals surface area (Å²) in [4.78, 5) is 24.7. The fraction of sp³-hybridized carbons (Fsp3) is 0.318. The normalized spacial score (nSPS) is 16.7. The smallest absolute Gasteiger partial charge is 0.228 e. The number of ether oxygens (including phenoxy) is 1. The van der Waals surface area contributed by atoms with Crippen LogP contribution in [0.3, 0.4) is 0 Å². The molecule has 4 aromatic rings. The number of aromatic nitrogens is 5. The average Bonchev–Trinajstić information content (AvgIpc) is 3.21. The third kappa shape index (κ3) is 3.78. The highest BCUT2D eigenvalue weighted by Crippen LogP contribution is 2.32. The lowest BCUT2D eigenvalue weighted by Crippen LogP contribution is -2.39. The van der Waals surface area contributed by atoms with Crippen LogP contribution < -0.4 is 4.90 Å². The lowest BCUT2D eigenvalue weighted by molar-refractivity contribution is 0.0248. The molecule has 1 fully saturated rings. The number of hydrogen-bond donors (Lipinski definition) is 0. The van der Waals surface area contributed by atoms with Gasteiger partial charge in [0, 0.05) is 24.1 Å². The molecule has 0 amide bonds. The number of hydrogen-bond acceptors (Lipinski definition) is 8. The molecule has 32 heavy (non-hydrogen) atoms. The molecule has 164 valence electrons. The van der Waals surface area contributed by atoms with Gasteiger partial charge in [-0.15, -0.1) is 0 Å². The molecule has 0 N–H and O–H groups in total. The lowest BCUT2D eigenvalue weighted by Gasteiger charge is -2.32. The number of halogens is 2. The summed E-state index contributed by atoms with van der Waals surface area (Å²) in [6.45, 7) is 6.98. The average molecular weight is 455 g/mol. The molecule has 4 heterocycles. The molecule has 0 bridgehead atoms. The molecule has 0 saturated carbocycles. The number of aryl methyl sites for hydroxylation is 3. The fourth-order valence-electron chi connectivity index (χ4n) is 3.64. The Labute approximate surface area is 188 Å². The molecule has 8 nitrogen and oxygen atoms in total. The number of fused-ring (bicyclic) bond motifs is 1. The van der Waals surface area contributed by atoms with Gasteiger partial charge in [-0.25, -0.2) is 24.3 Å². The topological polar surface area (TPSA) is 90.1 Å². The lowest BCUT2D eigenvalue weighted by atomic mass is 10.1. The standard InChI is InChI=1S/C22H20ClFN6O2/c1-11-12(2)27-21-20(26-11)19(15-5-4-14(23)8-16(15)24)28-22(29-21)30-6-7-31-18(10-30)17-9-25-13(3)32-17/h4-5,8-9,18H,6-7,10H2,1-3H3/t18-/m0/s1. The van der Waals surface area contributed by atoms with E-state index in [-0.39, 0.29) is 11.7 Å². The summed E-state index contributed by atoms with van der Waals surface area (Å²) in [5.74, 6) is 1.15. The van der Waals surface area contributed by atoms with Crippen LogP contribution in [0.5, 0.6) is 0 Å². The van der Waals surface area contributed by atoms with E-state index in [1.54, 1.807) is 25.3 Å². The van der Waals surface area contributed by atoms with Crippen LogP contribution in [0.1, 0.15) is 29.1 Å². The van der Waals surface area contributed by atoms with Crippen molar-refractivity contribution in [2.75, 3.05) is 24.6 Å². The predicted molar refractivity (Wildman–Crippen MR) is 117 cm³/mol. The predicted octanol–water partition coefficient (Wildman–Crippen LogP) is 4.37. The first-order valence-corrected chi connectivity index (χ1v) is 10.5. The van der Waals surface area contributed by atoms with Gasteiger partial charge in [0.05, 0.1) is 30.7 Å². The summed E-state index contributed by atoms with van der Waals surface area (Å²) in [6.07, 6.45) is 1.35. The fourth-order valence-corrected chi connectivity index (χ4v) is 3.80. The first-order chi connectivity index (χ1) is 15.4. The van der Waals surface area contributed by atoms with Crippen LogP contribution in [0.4, 0.5) is 10.3 Å². The van der Waals surface area contributed by atoms with Crippen molar-refractivity contribution in [1.29, 1.82) is 0 Å². The third-order valence-electron chi connectivity index (χ3n) is 5.42. The Bertz CT molecular complexity index is 1330. The van der Waals surface area contributed by atoms with Gasteiger partial charge in [0.15, 0.2) is 17.3 Å². The van der Waals surface area contributed by atoms with Gasteiger partial charge >= 0.3 is 0 Å². The van der Waals surface area contributed by atoms with E-state index in [9.17, 15) is 4.39 Å². The van der Waals surface area contributed by atoms with Crippen LogP contribution in [0.25, 0.3) is 22.4 Å². The quantitative estimate of drug-likeness (QED) is 0.450. The van der Waals surface area contributed by atoms with E-state index in [2.05, 4.69) is 19.9 Å². The van der Waals surface area contributed by atoms with Gasteiger partial charge in [-0.2, -0.15) is 4.98 Å². The summed E-state index contributed by atoms with van der Waals surface area (Å²) in [7, 11) is 0. The maximum absolute atomic E-state index is 14.9. The van der Waals surface area contributed by atoms with E-state index >= 15 is 0 Å². The maximum Gasteiger partial charge on any atom is 0.228 e. The Morgan fingerprint density at radius 3 is 2.66 bits per heavy atom. The van der Waals surface area contributed by atoms with Crippen molar-refractivity contribution >= 4 is 28.7 Å². The number of morpholine rings is 1. The zero-order valence-electron chi connectivity index (χ0n) is 17.8. The van der Waals surface area contributed by atoms with Crippen molar-refractivity contribution < 1.29 is 13.5 Å². The molecule has 1 aliphatic rings. The molecule has 1 atom stereocenters. The highest BCUT2D eigenvalue weighted by Gasteiger charge is 2.28. The van der Waals surface area contributed by atoms with Crippen molar-refractivity contribution in [1.82, 2.24) is 24.9 Å². The Morgan fingerprint density at radius 1 is 1.09 bits per heavy atom. The highest BCUT2D eigenvalue weighted by molar-refractivity contribution is 6.30. The molecule has 3 aromatic heterocycles. The molecule has 1 aliphatic heterocycles. The van der Waals surface area contributed by atoms with E-state index in [1.165, 1.54) is 6.07 Å². The molecule has 0 unspecified atom stereocenters. The second kappa shape index (κ2) is 8.07. The van der Waals surface area contributed by atoms with Crippen LogP contribution in [0, 0.1) is 26.6 Å². The van der Waals surface area contributed by atoms with E-state index < -0.39 is 5.82 Å². The first kappa shape index (κ1) is 20.7. The first-order valence-electron chi connectivity index (χ1n) is 10.2. The van der Waals surface area contributed by atoms with E-state index in [1.807, 2.05) is 18.7 Å². The van der Waals surface area contributed by atoms with Gasteiger partial charge in [0.25, 0.3) is 0 Å². The molecule has 1 aromatic carbocycles. The molecular formula is C22H20ClFN6O2. The van der Waals surface area contributed by atoms with Crippen LogP contribution in [0.2, 0.25) is 5.02 Å². The van der Waals surface area contributed by atoms with Crippen molar-refractivity contribution in [2.45, 2.75) is 26.9 Å². The molecule has 0 spiro atoms. The van der Waals surface area contributed by atoms with Crippen molar-refractivity contribution in [3.8, 4) is 11.3 Å². The van der Waals surface area contributed by atoms with E-state index in [0.29, 0.717) is 59.2 Å². The van der Waals surface area contributed by atoms with Crippen LogP contribution in [-0.2, 0) is 4.74 Å². The Balaban J connectivity index is 1.62. The molecule has 5 rings (SSSR count). The Hall–Kier alpha value is -3.17. The second-order valence-electron chi connectivity index (χ2n) is 7.65. The van der Waals surface area contributed by atoms with Crippen molar-refractivity contribution in [2.24, 2.45) is 0 Å². The minimum Gasteiger partial charge on any atom is -0.443 e. The minimum atomic E-state index is -0.486. The zero-order chi connectivity index (χ0) is 22.4. The number of benzene rings is 1. The number of anilines is 1. The van der Waals surface area contributed by atoms with Gasteiger partial charge in [-0.05, 0) is 32.0 Å². The van der Waals surface area contributed by atoms with Gasteiger partial charge < -0.3 is 14.1 Å².